The minimum atomic E-state index is 0.603. The number of aryl methyl sites for hydroxylation is 1. The molecule has 0 atom stereocenters. The summed E-state index contributed by atoms with van der Waals surface area (Å²) in [5.41, 5.74) is 10.7. The summed E-state index contributed by atoms with van der Waals surface area (Å²) in [5, 5.41) is 1.30. The van der Waals surface area contributed by atoms with Gasteiger partial charge in [-0.25, -0.2) is 0 Å². The summed E-state index contributed by atoms with van der Waals surface area (Å²) >= 11 is 0. The van der Waals surface area contributed by atoms with Gasteiger partial charge in [0.2, 0.25) is 0 Å². The fourth-order valence-electron chi connectivity index (χ4n) is 2.52. The van der Waals surface area contributed by atoms with E-state index in [1.54, 1.807) is 0 Å². The lowest BCUT2D eigenvalue weighted by Gasteiger charge is -2.09. The van der Waals surface area contributed by atoms with Gasteiger partial charge in [0.25, 0.3) is 0 Å². The van der Waals surface area contributed by atoms with Gasteiger partial charge < -0.3 is 10.3 Å². The zero-order valence-corrected chi connectivity index (χ0v) is 11.1. The van der Waals surface area contributed by atoms with Crippen LogP contribution in [0.25, 0.3) is 10.9 Å². The number of rotatable bonds is 3. The lowest BCUT2D eigenvalue weighted by atomic mass is 10.1. The number of benzene rings is 2. The minimum absolute atomic E-state index is 0.603. The Morgan fingerprint density at radius 2 is 1.63 bits per heavy atom. The summed E-state index contributed by atoms with van der Waals surface area (Å²) in [6.07, 6.45) is 0. The zero-order valence-electron chi connectivity index (χ0n) is 11.1. The molecular formula is C17H18N2. The van der Waals surface area contributed by atoms with E-state index in [-0.39, 0.29) is 0 Å². The van der Waals surface area contributed by atoms with Crippen molar-refractivity contribution in [2.45, 2.75) is 20.0 Å². The van der Waals surface area contributed by atoms with Crippen LogP contribution in [0.1, 0.15) is 16.8 Å². The number of nitrogens with zero attached hydrogens (tertiary/aromatic N) is 1. The first-order chi connectivity index (χ1) is 9.28. The normalized spacial score (nSPS) is 11.1. The van der Waals surface area contributed by atoms with Crippen molar-refractivity contribution in [3.63, 3.8) is 0 Å². The fraction of sp³-hybridized carbons (Fsp3) is 0.176. The van der Waals surface area contributed by atoms with Crippen molar-refractivity contribution in [3.8, 4) is 0 Å². The Hall–Kier alpha value is -2.06. The number of hydrogen-bond acceptors (Lipinski definition) is 1. The van der Waals surface area contributed by atoms with Crippen molar-refractivity contribution < 1.29 is 0 Å². The van der Waals surface area contributed by atoms with E-state index in [2.05, 4.69) is 66.1 Å². The Labute approximate surface area is 113 Å². The third kappa shape index (κ3) is 2.27. The van der Waals surface area contributed by atoms with E-state index in [9.17, 15) is 0 Å². The molecule has 0 aliphatic rings. The van der Waals surface area contributed by atoms with Gasteiger partial charge in [-0.2, -0.15) is 0 Å². The van der Waals surface area contributed by atoms with E-state index in [1.165, 1.54) is 27.7 Å². The summed E-state index contributed by atoms with van der Waals surface area (Å²) < 4.78 is 2.35. The second-order valence-corrected chi connectivity index (χ2v) is 4.95. The van der Waals surface area contributed by atoms with E-state index >= 15 is 0 Å². The van der Waals surface area contributed by atoms with Gasteiger partial charge in [0.15, 0.2) is 0 Å². The fourth-order valence-corrected chi connectivity index (χ4v) is 2.52. The van der Waals surface area contributed by atoms with Crippen LogP contribution in [-0.4, -0.2) is 4.57 Å². The Bertz CT molecular complexity index is 693. The molecule has 2 aromatic carbocycles. The molecule has 0 bridgehead atoms. The molecule has 0 amide bonds. The molecule has 0 fully saturated rings. The summed E-state index contributed by atoms with van der Waals surface area (Å²) in [6.45, 7) is 3.67. The number of para-hydroxylation sites is 1. The van der Waals surface area contributed by atoms with Crippen LogP contribution < -0.4 is 5.73 Å². The predicted octanol–water partition coefficient (Wildman–Crippen LogP) is 3.46. The van der Waals surface area contributed by atoms with Crippen molar-refractivity contribution in [1.29, 1.82) is 0 Å². The Balaban J connectivity index is 1.98. The molecule has 0 unspecified atom stereocenters. The lowest BCUT2D eigenvalue weighted by Crippen LogP contribution is -2.02. The first kappa shape index (κ1) is 12.0. The lowest BCUT2D eigenvalue weighted by molar-refractivity contribution is 0.804. The molecule has 1 heterocycles. The summed E-state index contributed by atoms with van der Waals surface area (Å²) in [5.74, 6) is 0. The molecule has 0 saturated carbocycles. The standard InChI is InChI=1S/C17H18N2/c1-13-10-16-4-2-3-5-17(16)19(13)12-15-8-6-14(11-18)7-9-15/h2-10H,11-12,18H2,1H3. The second-order valence-electron chi connectivity index (χ2n) is 4.95. The van der Waals surface area contributed by atoms with Crippen molar-refractivity contribution in [3.05, 3.63) is 71.4 Å². The molecule has 0 saturated heterocycles. The average molecular weight is 250 g/mol. The van der Waals surface area contributed by atoms with Crippen molar-refractivity contribution in [2.75, 3.05) is 0 Å². The average Bonchev–Trinajstić information content (AvgIpc) is 2.76. The molecule has 0 radical (unpaired) electrons. The number of aromatic nitrogens is 1. The number of fused-ring (bicyclic) bond motifs is 1. The van der Waals surface area contributed by atoms with Crippen molar-refractivity contribution >= 4 is 10.9 Å². The van der Waals surface area contributed by atoms with Gasteiger partial charge >= 0.3 is 0 Å². The van der Waals surface area contributed by atoms with Crippen LogP contribution in [-0.2, 0) is 13.1 Å². The Morgan fingerprint density at radius 1 is 0.947 bits per heavy atom. The molecule has 3 rings (SSSR count). The van der Waals surface area contributed by atoms with Crippen LogP contribution in [0.2, 0.25) is 0 Å². The third-order valence-electron chi connectivity index (χ3n) is 3.62. The molecule has 0 aliphatic carbocycles. The van der Waals surface area contributed by atoms with E-state index in [4.69, 9.17) is 5.73 Å². The quantitative estimate of drug-likeness (QED) is 0.758. The van der Waals surface area contributed by atoms with Crippen LogP contribution in [0, 0.1) is 6.92 Å². The Morgan fingerprint density at radius 3 is 2.37 bits per heavy atom. The number of hydrogen-bond donors (Lipinski definition) is 1. The topological polar surface area (TPSA) is 30.9 Å². The maximum absolute atomic E-state index is 5.63. The van der Waals surface area contributed by atoms with E-state index in [0.29, 0.717) is 6.54 Å². The predicted molar refractivity (Wildman–Crippen MR) is 80.1 cm³/mol. The first-order valence-electron chi connectivity index (χ1n) is 6.60. The second kappa shape index (κ2) is 4.90. The maximum Gasteiger partial charge on any atom is 0.0485 e. The summed E-state index contributed by atoms with van der Waals surface area (Å²) in [4.78, 5) is 0. The van der Waals surface area contributed by atoms with Crippen LogP contribution in [0.3, 0.4) is 0 Å². The molecule has 96 valence electrons. The van der Waals surface area contributed by atoms with E-state index in [1.807, 2.05) is 0 Å². The molecule has 0 spiro atoms. The highest BCUT2D eigenvalue weighted by molar-refractivity contribution is 5.81. The monoisotopic (exact) mass is 250 g/mol. The number of nitrogens with two attached hydrogens (primary N) is 1. The highest BCUT2D eigenvalue weighted by Crippen LogP contribution is 2.20. The molecule has 19 heavy (non-hydrogen) atoms. The van der Waals surface area contributed by atoms with Gasteiger partial charge in [-0.3, -0.25) is 0 Å². The first-order valence-corrected chi connectivity index (χ1v) is 6.60. The third-order valence-corrected chi connectivity index (χ3v) is 3.62. The van der Waals surface area contributed by atoms with Gasteiger partial charge in [-0.1, -0.05) is 42.5 Å². The molecule has 3 aromatic rings. The van der Waals surface area contributed by atoms with Gasteiger partial charge in [-0.05, 0) is 35.6 Å². The molecule has 1 aromatic heterocycles. The van der Waals surface area contributed by atoms with Crippen LogP contribution >= 0.6 is 0 Å². The van der Waals surface area contributed by atoms with E-state index < -0.39 is 0 Å². The maximum atomic E-state index is 5.63. The van der Waals surface area contributed by atoms with Gasteiger partial charge in [-0.15, -0.1) is 0 Å². The highest BCUT2D eigenvalue weighted by Gasteiger charge is 2.05. The molecule has 2 heteroatoms. The van der Waals surface area contributed by atoms with E-state index in [0.717, 1.165) is 6.54 Å². The highest BCUT2D eigenvalue weighted by atomic mass is 15.0. The zero-order chi connectivity index (χ0) is 13.2. The van der Waals surface area contributed by atoms with Crippen LogP contribution in [0.4, 0.5) is 0 Å². The minimum Gasteiger partial charge on any atom is -0.340 e. The van der Waals surface area contributed by atoms with Gasteiger partial charge in [0, 0.05) is 24.3 Å². The smallest absolute Gasteiger partial charge is 0.0485 e. The molecular weight excluding hydrogens is 232 g/mol. The van der Waals surface area contributed by atoms with Crippen LogP contribution in [0.15, 0.2) is 54.6 Å². The van der Waals surface area contributed by atoms with Crippen LogP contribution in [0.5, 0.6) is 0 Å². The summed E-state index contributed by atoms with van der Waals surface area (Å²) in [6, 6.07) is 19.3. The molecule has 2 nitrogen and oxygen atoms in total. The largest absolute Gasteiger partial charge is 0.340 e. The SMILES string of the molecule is Cc1cc2ccccc2n1Cc1ccc(CN)cc1. The van der Waals surface area contributed by atoms with Crippen molar-refractivity contribution in [1.82, 2.24) is 4.57 Å². The van der Waals surface area contributed by atoms with Crippen molar-refractivity contribution in [2.24, 2.45) is 5.73 Å². The molecule has 0 aliphatic heterocycles. The van der Waals surface area contributed by atoms with Gasteiger partial charge in [0.1, 0.15) is 0 Å². The Kier molecular flexibility index (Phi) is 3.10. The van der Waals surface area contributed by atoms with Gasteiger partial charge in [0.05, 0.1) is 0 Å². The molecule has 2 N–H and O–H groups in total. The summed E-state index contributed by atoms with van der Waals surface area (Å²) in [7, 11) is 0.